The van der Waals surface area contributed by atoms with Gasteiger partial charge in [-0.25, -0.2) is 0 Å². The summed E-state index contributed by atoms with van der Waals surface area (Å²) in [6.07, 6.45) is 1.77. The molecule has 0 spiro atoms. The Kier molecular flexibility index (Phi) is 5.26. The molecule has 0 amide bonds. The molecule has 1 N–H and O–H groups in total. The Labute approximate surface area is 125 Å². The first kappa shape index (κ1) is 15.4. The van der Waals surface area contributed by atoms with Crippen LogP contribution >= 0.6 is 11.6 Å². The highest BCUT2D eigenvalue weighted by atomic mass is 35.5. The van der Waals surface area contributed by atoms with Gasteiger partial charge in [-0.2, -0.15) is 0 Å². The highest BCUT2D eigenvalue weighted by Crippen LogP contribution is 2.15. The molecule has 112 valence electrons. The van der Waals surface area contributed by atoms with Gasteiger partial charge in [-0.1, -0.05) is 29.8 Å². The van der Waals surface area contributed by atoms with E-state index < -0.39 is 11.0 Å². The van der Waals surface area contributed by atoms with E-state index >= 15 is 0 Å². The number of aromatic nitrogens is 2. The molecule has 0 fully saturated rings. The third-order valence-electron chi connectivity index (χ3n) is 2.75. The molecular formula is C13H14ClN3O4. The van der Waals surface area contributed by atoms with Crippen molar-refractivity contribution in [2.75, 3.05) is 6.61 Å². The van der Waals surface area contributed by atoms with Gasteiger partial charge in [0.2, 0.25) is 6.33 Å². The lowest BCUT2D eigenvalue weighted by Gasteiger charge is -2.11. The number of hydrogen-bond donors (Lipinski definition) is 1. The fraction of sp³-hybridized carbons (Fsp3) is 0.308. The zero-order valence-corrected chi connectivity index (χ0v) is 11.8. The molecule has 0 unspecified atom stereocenters. The van der Waals surface area contributed by atoms with Crippen LogP contribution in [0.5, 0.6) is 0 Å². The first-order chi connectivity index (χ1) is 10.1. The summed E-state index contributed by atoms with van der Waals surface area (Å²) >= 11 is 5.98. The fourth-order valence-electron chi connectivity index (χ4n) is 1.76. The fourth-order valence-corrected chi connectivity index (χ4v) is 1.95. The number of aliphatic hydroxyl groups is 1. The third kappa shape index (κ3) is 4.52. The maximum atomic E-state index is 10.5. The number of halogens is 1. The molecule has 0 aliphatic heterocycles. The minimum atomic E-state index is -0.790. The van der Waals surface area contributed by atoms with Crippen LogP contribution in [0, 0.1) is 10.1 Å². The zero-order chi connectivity index (χ0) is 15.2. The van der Waals surface area contributed by atoms with Gasteiger partial charge in [-0.15, -0.1) is 0 Å². The standard InChI is InChI=1S/C13H14ClN3O4/c14-12-4-2-1-3-10(12)7-21-8-11(18)5-16-6-13(15-9-16)17(19)20/h1-4,6,9,11,18H,5,7-8H2/t11-/m0/s1. The van der Waals surface area contributed by atoms with Gasteiger partial charge >= 0.3 is 5.82 Å². The van der Waals surface area contributed by atoms with Crippen molar-refractivity contribution in [3.63, 3.8) is 0 Å². The third-order valence-corrected chi connectivity index (χ3v) is 3.12. The van der Waals surface area contributed by atoms with E-state index in [0.29, 0.717) is 11.6 Å². The number of imidazole rings is 1. The van der Waals surface area contributed by atoms with Crippen LogP contribution in [0.3, 0.4) is 0 Å². The Morgan fingerprint density at radius 2 is 2.24 bits per heavy atom. The minimum absolute atomic E-state index is 0.0944. The van der Waals surface area contributed by atoms with Crippen molar-refractivity contribution in [2.45, 2.75) is 19.3 Å². The SMILES string of the molecule is O=[N+]([O-])c1cn(C[C@H](O)COCc2ccccc2Cl)cn1. The summed E-state index contributed by atoms with van der Waals surface area (Å²) < 4.78 is 6.83. The number of ether oxygens (including phenoxy) is 1. The molecule has 7 nitrogen and oxygen atoms in total. The Hall–Kier alpha value is -1.96. The van der Waals surface area contributed by atoms with E-state index in [1.165, 1.54) is 17.1 Å². The number of nitro groups is 1. The summed E-state index contributed by atoms with van der Waals surface area (Å²) in [5, 5.41) is 20.9. The smallest absolute Gasteiger partial charge is 0.381 e. The van der Waals surface area contributed by atoms with Crippen molar-refractivity contribution in [3.8, 4) is 0 Å². The summed E-state index contributed by atoms with van der Waals surface area (Å²) in [6.45, 7) is 0.557. The summed E-state index contributed by atoms with van der Waals surface area (Å²) in [4.78, 5) is 13.5. The Morgan fingerprint density at radius 1 is 1.48 bits per heavy atom. The Bertz CT molecular complexity index is 617. The molecule has 0 aliphatic rings. The van der Waals surface area contributed by atoms with Gasteiger partial charge in [0, 0.05) is 5.02 Å². The molecule has 0 radical (unpaired) electrons. The molecule has 0 aliphatic carbocycles. The molecular weight excluding hydrogens is 298 g/mol. The average molecular weight is 312 g/mol. The molecule has 1 aromatic carbocycles. The number of nitrogens with zero attached hydrogens (tertiary/aromatic N) is 3. The molecule has 0 saturated heterocycles. The first-order valence-electron chi connectivity index (χ1n) is 6.21. The van der Waals surface area contributed by atoms with Crippen LogP contribution < -0.4 is 0 Å². The van der Waals surface area contributed by atoms with Crippen molar-refractivity contribution in [1.82, 2.24) is 9.55 Å². The maximum absolute atomic E-state index is 10.5. The second kappa shape index (κ2) is 7.16. The molecule has 0 bridgehead atoms. The Morgan fingerprint density at radius 3 is 2.90 bits per heavy atom. The second-order valence-corrected chi connectivity index (χ2v) is 4.85. The van der Waals surface area contributed by atoms with Crippen molar-refractivity contribution in [2.24, 2.45) is 0 Å². The number of rotatable bonds is 7. The van der Waals surface area contributed by atoms with Crippen LogP contribution in [0.2, 0.25) is 5.02 Å². The van der Waals surface area contributed by atoms with Crippen molar-refractivity contribution in [1.29, 1.82) is 0 Å². The number of aliphatic hydroxyl groups excluding tert-OH is 1. The molecule has 1 atom stereocenters. The van der Waals surface area contributed by atoms with Gasteiger partial charge in [0.25, 0.3) is 0 Å². The van der Waals surface area contributed by atoms with E-state index in [4.69, 9.17) is 16.3 Å². The normalized spacial score (nSPS) is 12.3. The quantitative estimate of drug-likeness (QED) is 0.624. The highest BCUT2D eigenvalue weighted by molar-refractivity contribution is 6.31. The number of benzene rings is 1. The summed E-state index contributed by atoms with van der Waals surface area (Å²) in [7, 11) is 0. The van der Waals surface area contributed by atoms with Crippen LogP contribution in [0.15, 0.2) is 36.8 Å². The molecule has 0 saturated carbocycles. The van der Waals surface area contributed by atoms with Crippen LogP contribution in [-0.2, 0) is 17.9 Å². The van der Waals surface area contributed by atoms with Crippen LogP contribution in [0.4, 0.5) is 5.82 Å². The molecule has 1 heterocycles. The Balaban J connectivity index is 1.78. The lowest BCUT2D eigenvalue weighted by molar-refractivity contribution is -0.389. The summed E-state index contributed by atoms with van der Waals surface area (Å²) in [6, 6.07) is 7.29. The van der Waals surface area contributed by atoms with Crippen molar-refractivity contribution in [3.05, 3.63) is 57.5 Å². The van der Waals surface area contributed by atoms with Gasteiger partial charge in [0.05, 0.1) is 25.9 Å². The van der Waals surface area contributed by atoms with E-state index in [2.05, 4.69) is 4.98 Å². The van der Waals surface area contributed by atoms with Gasteiger partial charge in [0.1, 0.15) is 6.20 Å². The molecule has 2 aromatic rings. The van der Waals surface area contributed by atoms with Crippen LogP contribution in [0.25, 0.3) is 0 Å². The van der Waals surface area contributed by atoms with Crippen LogP contribution in [0.1, 0.15) is 5.56 Å². The highest BCUT2D eigenvalue weighted by Gasteiger charge is 2.13. The number of hydrogen-bond acceptors (Lipinski definition) is 5. The summed E-state index contributed by atoms with van der Waals surface area (Å²) in [5.41, 5.74) is 0.838. The van der Waals surface area contributed by atoms with E-state index in [9.17, 15) is 15.2 Å². The molecule has 8 heteroatoms. The van der Waals surface area contributed by atoms with E-state index in [1.807, 2.05) is 18.2 Å². The molecule has 21 heavy (non-hydrogen) atoms. The lowest BCUT2D eigenvalue weighted by Crippen LogP contribution is -2.21. The lowest BCUT2D eigenvalue weighted by atomic mass is 10.2. The molecule has 1 aromatic heterocycles. The second-order valence-electron chi connectivity index (χ2n) is 4.45. The van der Waals surface area contributed by atoms with Crippen LogP contribution in [-0.4, -0.2) is 32.3 Å². The summed E-state index contributed by atoms with van der Waals surface area (Å²) in [5.74, 6) is -0.251. The van der Waals surface area contributed by atoms with Crippen molar-refractivity contribution >= 4 is 17.4 Å². The molecule has 2 rings (SSSR count). The maximum Gasteiger partial charge on any atom is 0.381 e. The van der Waals surface area contributed by atoms with Crippen molar-refractivity contribution < 1.29 is 14.8 Å². The zero-order valence-electron chi connectivity index (χ0n) is 11.1. The predicted octanol–water partition coefficient (Wildman–Crippen LogP) is 2.02. The minimum Gasteiger partial charge on any atom is -0.389 e. The van der Waals surface area contributed by atoms with E-state index in [1.54, 1.807) is 6.07 Å². The van der Waals surface area contributed by atoms with Gasteiger partial charge in [-0.05, 0) is 21.5 Å². The predicted molar refractivity (Wildman–Crippen MR) is 76.0 cm³/mol. The van der Waals surface area contributed by atoms with Gasteiger partial charge in [-0.3, -0.25) is 0 Å². The topological polar surface area (TPSA) is 90.4 Å². The largest absolute Gasteiger partial charge is 0.389 e. The first-order valence-corrected chi connectivity index (χ1v) is 6.59. The average Bonchev–Trinajstić information content (AvgIpc) is 2.89. The van der Waals surface area contributed by atoms with E-state index in [-0.39, 0.29) is 19.0 Å². The van der Waals surface area contributed by atoms with E-state index in [0.717, 1.165) is 5.56 Å². The monoisotopic (exact) mass is 311 g/mol. The van der Waals surface area contributed by atoms with Gasteiger partial charge in [0.15, 0.2) is 0 Å². The van der Waals surface area contributed by atoms with Gasteiger partial charge < -0.3 is 24.5 Å².